The molecule has 0 spiro atoms. The number of likely N-dealkylation sites (N-methyl/N-ethyl adjacent to an activating group) is 3. The highest BCUT2D eigenvalue weighted by atomic mass is 31.2. The van der Waals surface area contributed by atoms with Crippen LogP contribution in [0, 0.1) is 0 Å². The van der Waals surface area contributed by atoms with E-state index in [1.807, 2.05) is 18.7 Å². The maximum atomic E-state index is 11.4. The largest absolute Gasteiger partial charge is 0.339 e. The summed E-state index contributed by atoms with van der Waals surface area (Å²) < 4.78 is 44.6. The van der Waals surface area contributed by atoms with Gasteiger partial charge >= 0.3 is 30.4 Å². The summed E-state index contributed by atoms with van der Waals surface area (Å²) in [6.45, 7) is 16.9. The van der Waals surface area contributed by atoms with Crippen molar-refractivity contribution in [2.24, 2.45) is 0 Å². The molecule has 0 aliphatic carbocycles. The van der Waals surface area contributed by atoms with Crippen molar-refractivity contribution >= 4 is 30.4 Å². The van der Waals surface area contributed by atoms with Crippen molar-refractivity contribution in [1.82, 2.24) is 29.4 Å². The van der Waals surface area contributed by atoms with Gasteiger partial charge in [-0.25, -0.2) is 0 Å². The number of hydrogen-bond acceptors (Lipinski definition) is 10. The Hall–Kier alpha value is 0.360. The van der Waals surface area contributed by atoms with Gasteiger partial charge in [0.15, 0.2) is 0 Å². The molecule has 0 saturated carbocycles. The third-order valence-corrected chi connectivity index (χ3v) is 10.1. The van der Waals surface area contributed by atoms with E-state index in [9.17, 15) is 37.8 Å². The smallest absolute Gasteiger partial charge is 0.324 e. The summed E-state index contributed by atoms with van der Waals surface area (Å²) in [6, 6.07) is 0. The van der Waals surface area contributed by atoms with Crippen LogP contribution >= 0.6 is 30.4 Å². The molecule has 0 radical (unpaired) electrons. The van der Waals surface area contributed by atoms with E-state index in [-0.39, 0.29) is 19.1 Å². The lowest BCUT2D eigenvalue weighted by atomic mass is 10.3. The monoisotopic (exact) mass is 720 g/mol. The molecule has 1 aliphatic rings. The van der Waals surface area contributed by atoms with Crippen molar-refractivity contribution < 1.29 is 57.4 Å². The molecule has 266 valence electrons. The van der Waals surface area contributed by atoms with Crippen LogP contribution in [-0.2, 0) is 18.3 Å². The summed E-state index contributed by atoms with van der Waals surface area (Å²) in [7, 11) is -17.0. The van der Waals surface area contributed by atoms with Gasteiger partial charge in [-0.05, 0) is 26.2 Å². The first-order chi connectivity index (χ1) is 20.1. The van der Waals surface area contributed by atoms with Gasteiger partial charge in [0.1, 0.15) is 25.1 Å². The molecule has 0 atom stereocenters. The molecule has 22 heteroatoms. The predicted molar refractivity (Wildman–Crippen MR) is 170 cm³/mol. The van der Waals surface area contributed by atoms with Crippen LogP contribution in [0.4, 0.5) is 0 Å². The van der Waals surface area contributed by atoms with Gasteiger partial charge in [0.25, 0.3) is 0 Å². The Bertz CT molecular complexity index is 905. The van der Waals surface area contributed by atoms with Crippen molar-refractivity contribution in [2.45, 2.75) is 27.7 Å². The Morgan fingerprint density at radius 1 is 0.455 bits per heavy atom. The predicted octanol–water partition coefficient (Wildman–Crippen LogP) is -0.581. The first-order valence-corrected chi connectivity index (χ1v) is 21.8. The maximum Gasteiger partial charge on any atom is 0.339 e. The van der Waals surface area contributed by atoms with Gasteiger partial charge in [-0.2, -0.15) is 0 Å². The Labute approximate surface area is 261 Å². The van der Waals surface area contributed by atoms with E-state index in [1.165, 1.54) is 0 Å². The summed E-state index contributed by atoms with van der Waals surface area (Å²) in [6.07, 6.45) is -1.95. The average molecular weight is 721 g/mol. The average Bonchev–Trinajstić information content (AvgIpc) is 2.85. The standard InChI is InChI=1S/C14H34N4O6P2.C8H22N2O6P2/c1-3-15-5-6-16(4-2)8-10-18(14-26(22,23)24)12-11-17(9-7-15)13-25(19,20)21;1-3-9(4-2)5-6-10(7-17(11,12)13)8-18(14,15)16/h3-14H2,1-2H3,(H2,19,20,21)(H2,22,23,24);3-8H2,1-2H3,(H2,11,12,13)(H2,14,15,16). The first-order valence-electron chi connectivity index (χ1n) is 14.6. The molecule has 0 amide bonds. The zero-order valence-electron chi connectivity index (χ0n) is 26.4. The highest BCUT2D eigenvalue weighted by Crippen LogP contribution is 2.40. The van der Waals surface area contributed by atoms with E-state index < -0.39 is 43.0 Å². The summed E-state index contributed by atoms with van der Waals surface area (Å²) in [5.41, 5.74) is 0. The Morgan fingerprint density at radius 2 is 0.727 bits per heavy atom. The van der Waals surface area contributed by atoms with E-state index in [0.29, 0.717) is 45.8 Å². The summed E-state index contributed by atoms with van der Waals surface area (Å²) in [5.74, 6) is 0. The fourth-order valence-electron chi connectivity index (χ4n) is 4.54. The van der Waals surface area contributed by atoms with Gasteiger partial charge in [0.2, 0.25) is 0 Å². The first kappa shape index (κ1) is 44.4. The lowest BCUT2D eigenvalue weighted by Gasteiger charge is -2.33. The molecular formula is C22H56N6O12P4. The quantitative estimate of drug-likeness (QED) is 0.0986. The Morgan fingerprint density at radius 3 is 0.955 bits per heavy atom. The SMILES string of the molecule is CCN(CC)CCN(CP(=O)(O)O)CP(=O)(O)O.CCN1CCN(CC)CCN(CP(=O)(O)O)CCN(CP(=O)(O)O)CC1. The van der Waals surface area contributed by atoms with Crippen LogP contribution < -0.4 is 0 Å². The third kappa shape index (κ3) is 25.4. The van der Waals surface area contributed by atoms with E-state index in [2.05, 4.69) is 23.6 Å². The van der Waals surface area contributed by atoms with Gasteiger partial charge in [-0.3, -0.25) is 33.0 Å². The van der Waals surface area contributed by atoms with Crippen molar-refractivity contribution in [3.8, 4) is 0 Å². The zero-order chi connectivity index (χ0) is 34.2. The van der Waals surface area contributed by atoms with Crippen molar-refractivity contribution in [3.05, 3.63) is 0 Å². The lowest BCUT2D eigenvalue weighted by molar-refractivity contribution is 0.146. The van der Waals surface area contributed by atoms with Crippen LogP contribution in [0.25, 0.3) is 0 Å². The number of hydrogen-bond donors (Lipinski definition) is 8. The Kier molecular flexibility index (Phi) is 21.5. The highest BCUT2D eigenvalue weighted by molar-refractivity contribution is 7.52. The summed E-state index contributed by atoms with van der Waals surface area (Å²) in [5, 5.41) is 0. The molecular weight excluding hydrogens is 664 g/mol. The number of rotatable bonds is 15. The molecule has 0 bridgehead atoms. The topological polar surface area (TPSA) is 250 Å². The number of nitrogens with zero attached hydrogens (tertiary/aromatic N) is 6. The molecule has 18 nitrogen and oxygen atoms in total. The van der Waals surface area contributed by atoms with Crippen LogP contribution in [0.2, 0.25) is 0 Å². The molecule has 1 fully saturated rings. The van der Waals surface area contributed by atoms with Crippen molar-refractivity contribution in [3.63, 3.8) is 0 Å². The highest BCUT2D eigenvalue weighted by Gasteiger charge is 2.26. The fraction of sp³-hybridized carbons (Fsp3) is 1.00. The molecule has 0 unspecified atom stereocenters. The van der Waals surface area contributed by atoms with Crippen LogP contribution in [-0.4, -0.2) is 185 Å². The summed E-state index contributed by atoms with van der Waals surface area (Å²) in [4.78, 5) is 83.7. The molecule has 0 aromatic heterocycles. The lowest BCUT2D eigenvalue weighted by Crippen LogP contribution is -2.46. The molecule has 8 N–H and O–H groups in total. The van der Waals surface area contributed by atoms with Crippen LogP contribution in [0.15, 0.2) is 0 Å². The van der Waals surface area contributed by atoms with Crippen LogP contribution in [0.1, 0.15) is 27.7 Å². The van der Waals surface area contributed by atoms with Gasteiger partial charge in [-0.15, -0.1) is 0 Å². The molecule has 0 aromatic carbocycles. The minimum absolute atomic E-state index is 0.206. The molecule has 1 heterocycles. The van der Waals surface area contributed by atoms with E-state index in [4.69, 9.17) is 19.6 Å². The normalized spacial score (nSPS) is 18.6. The van der Waals surface area contributed by atoms with Crippen molar-refractivity contribution in [2.75, 3.05) is 117 Å². The van der Waals surface area contributed by atoms with E-state index in [0.717, 1.165) is 44.2 Å². The van der Waals surface area contributed by atoms with E-state index >= 15 is 0 Å². The second kappa shape index (κ2) is 21.4. The Balaban J connectivity index is 0.000000902. The van der Waals surface area contributed by atoms with Crippen LogP contribution in [0.5, 0.6) is 0 Å². The molecule has 44 heavy (non-hydrogen) atoms. The minimum Gasteiger partial charge on any atom is -0.324 e. The minimum atomic E-state index is -4.32. The maximum absolute atomic E-state index is 11.4. The fourth-order valence-corrected chi connectivity index (χ4v) is 7.84. The van der Waals surface area contributed by atoms with Gasteiger partial charge < -0.3 is 53.8 Å². The summed E-state index contributed by atoms with van der Waals surface area (Å²) >= 11 is 0. The van der Waals surface area contributed by atoms with Gasteiger partial charge in [0.05, 0.1) is 0 Å². The molecule has 1 aliphatic heterocycles. The zero-order valence-corrected chi connectivity index (χ0v) is 30.0. The van der Waals surface area contributed by atoms with Gasteiger partial charge in [0, 0.05) is 65.4 Å². The third-order valence-electron chi connectivity index (χ3n) is 6.99. The second-order valence-corrected chi connectivity index (χ2v) is 17.2. The van der Waals surface area contributed by atoms with Crippen LogP contribution in [0.3, 0.4) is 0 Å². The molecule has 0 aromatic rings. The van der Waals surface area contributed by atoms with Gasteiger partial charge in [-0.1, -0.05) is 27.7 Å². The molecule has 1 saturated heterocycles. The van der Waals surface area contributed by atoms with E-state index in [1.54, 1.807) is 9.80 Å². The second-order valence-electron chi connectivity index (χ2n) is 10.8. The molecule has 1 rings (SSSR count). The van der Waals surface area contributed by atoms with Crippen molar-refractivity contribution in [1.29, 1.82) is 0 Å².